The van der Waals surface area contributed by atoms with E-state index in [1.807, 2.05) is 0 Å². The summed E-state index contributed by atoms with van der Waals surface area (Å²) in [4.78, 5) is 13.4. The Balaban J connectivity index is 2.54. The summed E-state index contributed by atoms with van der Waals surface area (Å²) in [5, 5.41) is 9.22. The zero-order valence-electron chi connectivity index (χ0n) is 10.8. The highest BCUT2D eigenvalue weighted by molar-refractivity contribution is 5.73. The average molecular weight is 227 g/mol. The van der Waals surface area contributed by atoms with Crippen LogP contribution in [-0.4, -0.2) is 35.1 Å². The van der Waals surface area contributed by atoms with Gasteiger partial charge in [-0.1, -0.05) is 33.6 Å². The Labute approximate surface area is 98.8 Å². The van der Waals surface area contributed by atoms with E-state index in [2.05, 4.69) is 25.7 Å². The van der Waals surface area contributed by atoms with Gasteiger partial charge in [-0.25, -0.2) is 0 Å². The molecule has 1 N–H and O–H groups in total. The third-order valence-electron chi connectivity index (χ3n) is 3.30. The fourth-order valence-corrected chi connectivity index (χ4v) is 2.19. The Hall–Kier alpha value is -0.570. The summed E-state index contributed by atoms with van der Waals surface area (Å²) >= 11 is 0. The van der Waals surface area contributed by atoms with Crippen molar-refractivity contribution in [3.8, 4) is 0 Å². The quantitative estimate of drug-likeness (QED) is 0.806. The van der Waals surface area contributed by atoms with Crippen LogP contribution in [0, 0.1) is 5.41 Å². The average Bonchev–Trinajstić information content (AvgIpc) is 2.38. The number of rotatable bonds is 3. The molecule has 16 heavy (non-hydrogen) atoms. The lowest BCUT2D eigenvalue weighted by Gasteiger charge is -2.29. The SMILES string of the molecule is CC(C)(C)CCN1CCCCCC1C(=O)O. The number of aliphatic carboxylic acids is 1. The summed E-state index contributed by atoms with van der Waals surface area (Å²) in [6.07, 6.45) is 5.27. The lowest BCUT2D eigenvalue weighted by atomic mass is 9.92. The van der Waals surface area contributed by atoms with Crippen LogP contribution in [-0.2, 0) is 4.79 Å². The third-order valence-corrected chi connectivity index (χ3v) is 3.30. The standard InChI is InChI=1S/C13H25NO2/c1-13(2,3)8-10-14-9-6-4-5-7-11(14)12(15)16/h11H,4-10H2,1-3H3,(H,15,16). The molecule has 0 amide bonds. The van der Waals surface area contributed by atoms with E-state index in [0.717, 1.165) is 38.8 Å². The fraction of sp³-hybridized carbons (Fsp3) is 0.923. The molecule has 1 saturated heterocycles. The predicted octanol–water partition coefficient (Wildman–Crippen LogP) is 2.75. The van der Waals surface area contributed by atoms with Crippen molar-refractivity contribution in [1.29, 1.82) is 0 Å². The maximum atomic E-state index is 11.2. The zero-order chi connectivity index (χ0) is 12.2. The van der Waals surface area contributed by atoms with E-state index in [0.29, 0.717) is 0 Å². The van der Waals surface area contributed by atoms with Crippen LogP contribution >= 0.6 is 0 Å². The molecule has 0 saturated carbocycles. The van der Waals surface area contributed by atoms with E-state index in [4.69, 9.17) is 0 Å². The molecule has 0 aromatic rings. The minimum absolute atomic E-state index is 0.246. The molecule has 3 nitrogen and oxygen atoms in total. The maximum absolute atomic E-state index is 11.2. The van der Waals surface area contributed by atoms with Crippen molar-refractivity contribution >= 4 is 5.97 Å². The van der Waals surface area contributed by atoms with Crippen molar-refractivity contribution in [1.82, 2.24) is 4.90 Å². The zero-order valence-corrected chi connectivity index (χ0v) is 10.8. The normalized spacial score (nSPS) is 24.1. The molecule has 0 bridgehead atoms. The minimum Gasteiger partial charge on any atom is -0.480 e. The summed E-state index contributed by atoms with van der Waals surface area (Å²) in [5.74, 6) is -0.643. The second kappa shape index (κ2) is 5.67. The van der Waals surface area contributed by atoms with Crippen molar-refractivity contribution in [3.05, 3.63) is 0 Å². The van der Waals surface area contributed by atoms with Gasteiger partial charge >= 0.3 is 5.97 Å². The van der Waals surface area contributed by atoms with E-state index in [1.54, 1.807) is 0 Å². The van der Waals surface area contributed by atoms with E-state index >= 15 is 0 Å². The number of nitrogens with zero attached hydrogens (tertiary/aromatic N) is 1. The van der Waals surface area contributed by atoms with Crippen molar-refractivity contribution in [2.45, 2.75) is 58.9 Å². The number of hydrogen-bond donors (Lipinski definition) is 1. The molecule has 1 fully saturated rings. The van der Waals surface area contributed by atoms with Gasteiger partial charge in [0.05, 0.1) is 0 Å². The Bertz CT molecular complexity index is 233. The molecule has 1 aliphatic heterocycles. The summed E-state index contributed by atoms with van der Waals surface area (Å²) in [7, 11) is 0. The van der Waals surface area contributed by atoms with Crippen molar-refractivity contribution in [2.24, 2.45) is 5.41 Å². The van der Waals surface area contributed by atoms with Gasteiger partial charge in [-0.15, -0.1) is 0 Å². The monoisotopic (exact) mass is 227 g/mol. The van der Waals surface area contributed by atoms with E-state index in [1.165, 1.54) is 6.42 Å². The van der Waals surface area contributed by atoms with Gasteiger partial charge < -0.3 is 5.11 Å². The summed E-state index contributed by atoms with van der Waals surface area (Å²) in [5.41, 5.74) is 0.287. The minimum atomic E-state index is -0.643. The lowest BCUT2D eigenvalue weighted by Crippen LogP contribution is -2.42. The van der Waals surface area contributed by atoms with Crippen LogP contribution in [0.1, 0.15) is 52.9 Å². The number of carboxylic acid groups (broad SMARTS) is 1. The smallest absolute Gasteiger partial charge is 0.320 e. The van der Waals surface area contributed by atoms with Crippen LogP contribution in [0.2, 0.25) is 0 Å². The molecule has 0 aromatic heterocycles. The Morgan fingerprint density at radius 2 is 2.00 bits per heavy atom. The molecule has 1 unspecified atom stereocenters. The number of likely N-dealkylation sites (tertiary alicyclic amines) is 1. The molecule has 0 aromatic carbocycles. The van der Waals surface area contributed by atoms with Gasteiger partial charge in [-0.05, 0) is 37.8 Å². The Morgan fingerprint density at radius 3 is 2.56 bits per heavy atom. The van der Waals surface area contributed by atoms with Crippen LogP contribution in [0.15, 0.2) is 0 Å². The van der Waals surface area contributed by atoms with E-state index in [9.17, 15) is 9.90 Å². The summed E-state index contributed by atoms with van der Waals surface area (Å²) in [6, 6.07) is -0.246. The van der Waals surface area contributed by atoms with Crippen LogP contribution in [0.5, 0.6) is 0 Å². The molecule has 1 heterocycles. The lowest BCUT2D eigenvalue weighted by molar-refractivity contribution is -0.143. The van der Waals surface area contributed by atoms with Crippen LogP contribution < -0.4 is 0 Å². The van der Waals surface area contributed by atoms with Gasteiger partial charge in [0.15, 0.2) is 0 Å². The first-order chi connectivity index (χ1) is 7.40. The Morgan fingerprint density at radius 1 is 1.31 bits per heavy atom. The molecule has 0 radical (unpaired) electrons. The molecular formula is C13H25NO2. The predicted molar refractivity (Wildman–Crippen MR) is 65.5 cm³/mol. The Kier molecular flexibility index (Phi) is 4.78. The highest BCUT2D eigenvalue weighted by atomic mass is 16.4. The second-order valence-corrected chi connectivity index (χ2v) is 6.05. The number of hydrogen-bond acceptors (Lipinski definition) is 2. The number of carbonyl (C=O) groups is 1. The van der Waals surface area contributed by atoms with Gasteiger partial charge in [0.2, 0.25) is 0 Å². The second-order valence-electron chi connectivity index (χ2n) is 6.05. The highest BCUT2D eigenvalue weighted by Gasteiger charge is 2.27. The van der Waals surface area contributed by atoms with Gasteiger partial charge in [0.1, 0.15) is 6.04 Å². The van der Waals surface area contributed by atoms with E-state index in [-0.39, 0.29) is 11.5 Å². The summed E-state index contributed by atoms with van der Waals surface area (Å²) < 4.78 is 0. The first-order valence-electron chi connectivity index (χ1n) is 6.37. The molecule has 1 rings (SSSR count). The molecule has 94 valence electrons. The van der Waals surface area contributed by atoms with Gasteiger partial charge in [0, 0.05) is 0 Å². The van der Waals surface area contributed by atoms with Crippen molar-refractivity contribution in [3.63, 3.8) is 0 Å². The van der Waals surface area contributed by atoms with E-state index < -0.39 is 5.97 Å². The summed E-state index contributed by atoms with van der Waals surface area (Å²) in [6.45, 7) is 8.50. The fourth-order valence-electron chi connectivity index (χ4n) is 2.19. The van der Waals surface area contributed by atoms with Crippen LogP contribution in [0.3, 0.4) is 0 Å². The van der Waals surface area contributed by atoms with Gasteiger partial charge in [-0.3, -0.25) is 9.69 Å². The molecule has 0 aliphatic carbocycles. The first kappa shape index (κ1) is 13.5. The van der Waals surface area contributed by atoms with Crippen molar-refractivity contribution in [2.75, 3.05) is 13.1 Å². The molecule has 1 aliphatic rings. The highest BCUT2D eigenvalue weighted by Crippen LogP contribution is 2.22. The van der Waals surface area contributed by atoms with Crippen LogP contribution in [0.4, 0.5) is 0 Å². The van der Waals surface area contributed by atoms with Gasteiger partial charge in [-0.2, -0.15) is 0 Å². The van der Waals surface area contributed by atoms with Crippen molar-refractivity contribution < 1.29 is 9.90 Å². The maximum Gasteiger partial charge on any atom is 0.320 e. The van der Waals surface area contributed by atoms with Gasteiger partial charge in [0.25, 0.3) is 0 Å². The molecule has 3 heteroatoms. The molecule has 0 spiro atoms. The molecular weight excluding hydrogens is 202 g/mol. The molecule has 1 atom stereocenters. The number of carboxylic acids is 1. The topological polar surface area (TPSA) is 40.5 Å². The first-order valence-corrected chi connectivity index (χ1v) is 6.37. The van der Waals surface area contributed by atoms with Crippen LogP contribution in [0.25, 0.3) is 0 Å². The third kappa shape index (κ3) is 4.52. The largest absolute Gasteiger partial charge is 0.480 e.